The van der Waals surface area contributed by atoms with Crippen molar-refractivity contribution < 1.29 is 4.79 Å². The van der Waals surface area contributed by atoms with Crippen LogP contribution in [0.15, 0.2) is 48.7 Å². The number of carbonyl (C=O) groups excluding carboxylic acids is 1. The third kappa shape index (κ3) is 2.70. The number of aromatic nitrogens is 2. The summed E-state index contributed by atoms with van der Waals surface area (Å²) in [4.78, 5) is 10.9. The Morgan fingerprint density at radius 2 is 1.86 bits per heavy atom. The summed E-state index contributed by atoms with van der Waals surface area (Å²) in [5.74, 6) is 0.348. The van der Waals surface area contributed by atoms with Gasteiger partial charge in [-0.05, 0) is 29.7 Å². The molecular weight excluding hydrogens is 272 g/mol. The highest BCUT2D eigenvalue weighted by Crippen LogP contribution is 2.25. The Morgan fingerprint density at radius 3 is 2.64 bits per heavy atom. The van der Waals surface area contributed by atoms with Crippen LogP contribution in [0.5, 0.6) is 0 Å². The summed E-state index contributed by atoms with van der Waals surface area (Å²) in [7, 11) is 0. The number of aldehydes is 1. The SMILES string of the molecule is CC(C)c1nn2ccccc2c1/C=C/c1cccc(C=O)c1. The number of hydrogen-bond donors (Lipinski definition) is 0. The van der Waals surface area contributed by atoms with Crippen LogP contribution in [0.2, 0.25) is 0 Å². The topological polar surface area (TPSA) is 34.4 Å². The molecule has 2 heterocycles. The molecule has 22 heavy (non-hydrogen) atoms. The summed E-state index contributed by atoms with van der Waals surface area (Å²) >= 11 is 0. The number of carbonyl (C=O) groups is 1. The molecule has 0 N–H and O–H groups in total. The van der Waals surface area contributed by atoms with Crippen LogP contribution >= 0.6 is 0 Å². The summed E-state index contributed by atoms with van der Waals surface area (Å²) in [5.41, 5.74) is 5.00. The van der Waals surface area contributed by atoms with Gasteiger partial charge in [0.1, 0.15) is 6.29 Å². The van der Waals surface area contributed by atoms with Crippen LogP contribution in [0, 0.1) is 0 Å². The van der Waals surface area contributed by atoms with Gasteiger partial charge in [-0.15, -0.1) is 0 Å². The lowest BCUT2D eigenvalue weighted by molar-refractivity contribution is 0.112. The van der Waals surface area contributed by atoms with E-state index in [9.17, 15) is 4.79 Å². The highest BCUT2D eigenvalue weighted by atomic mass is 16.1. The van der Waals surface area contributed by atoms with Gasteiger partial charge >= 0.3 is 0 Å². The fourth-order valence-corrected chi connectivity index (χ4v) is 2.55. The molecule has 3 heteroatoms. The minimum absolute atomic E-state index is 0.348. The molecule has 0 fully saturated rings. The molecule has 0 amide bonds. The molecule has 0 saturated carbocycles. The predicted molar refractivity (Wildman–Crippen MR) is 90.0 cm³/mol. The van der Waals surface area contributed by atoms with E-state index in [1.54, 1.807) is 6.07 Å². The maximum atomic E-state index is 10.9. The highest BCUT2D eigenvalue weighted by Gasteiger charge is 2.12. The number of benzene rings is 1. The molecule has 0 bridgehead atoms. The maximum absolute atomic E-state index is 10.9. The van der Waals surface area contributed by atoms with Gasteiger partial charge in [0, 0.05) is 17.3 Å². The predicted octanol–water partition coefficient (Wildman–Crippen LogP) is 4.44. The van der Waals surface area contributed by atoms with Crippen molar-refractivity contribution >= 4 is 24.0 Å². The van der Waals surface area contributed by atoms with E-state index < -0.39 is 0 Å². The largest absolute Gasteiger partial charge is 0.298 e. The first-order valence-corrected chi connectivity index (χ1v) is 7.39. The molecule has 0 spiro atoms. The monoisotopic (exact) mass is 290 g/mol. The Morgan fingerprint density at radius 1 is 1.05 bits per heavy atom. The number of fused-ring (bicyclic) bond motifs is 1. The van der Waals surface area contributed by atoms with E-state index in [-0.39, 0.29) is 0 Å². The Balaban J connectivity index is 2.07. The number of nitrogens with zero attached hydrogens (tertiary/aromatic N) is 2. The summed E-state index contributed by atoms with van der Waals surface area (Å²) in [6, 6.07) is 13.6. The Labute approximate surface area is 129 Å². The molecular formula is C19H18N2O. The van der Waals surface area contributed by atoms with Gasteiger partial charge in [-0.3, -0.25) is 4.79 Å². The molecule has 0 atom stereocenters. The van der Waals surface area contributed by atoms with Crippen molar-refractivity contribution in [3.05, 3.63) is 71.0 Å². The van der Waals surface area contributed by atoms with Crippen LogP contribution in [0.25, 0.3) is 17.7 Å². The standard InChI is InChI=1S/C19H18N2O/c1-14(2)19-17(18-8-3-4-11-21(18)20-19)10-9-15-6-5-7-16(12-15)13-22/h3-14H,1-2H3/b10-9+. The average molecular weight is 290 g/mol. The fraction of sp³-hybridized carbons (Fsp3) is 0.158. The Hall–Kier alpha value is -2.68. The van der Waals surface area contributed by atoms with E-state index in [1.807, 2.05) is 47.1 Å². The molecule has 0 unspecified atom stereocenters. The second-order valence-electron chi connectivity index (χ2n) is 5.61. The lowest BCUT2D eigenvalue weighted by Crippen LogP contribution is -1.91. The Kier molecular flexibility index (Phi) is 3.88. The van der Waals surface area contributed by atoms with Gasteiger partial charge in [0.25, 0.3) is 0 Å². The van der Waals surface area contributed by atoms with E-state index in [2.05, 4.69) is 31.1 Å². The second-order valence-corrected chi connectivity index (χ2v) is 5.61. The van der Waals surface area contributed by atoms with Crippen molar-refractivity contribution in [3.8, 4) is 0 Å². The molecule has 0 aliphatic rings. The van der Waals surface area contributed by atoms with Crippen molar-refractivity contribution in [2.75, 3.05) is 0 Å². The van der Waals surface area contributed by atoms with Crippen LogP contribution < -0.4 is 0 Å². The van der Waals surface area contributed by atoms with Gasteiger partial charge in [0.05, 0.1) is 11.2 Å². The van der Waals surface area contributed by atoms with Crippen molar-refractivity contribution in [3.63, 3.8) is 0 Å². The van der Waals surface area contributed by atoms with Crippen LogP contribution in [-0.4, -0.2) is 15.9 Å². The van der Waals surface area contributed by atoms with E-state index in [4.69, 9.17) is 0 Å². The lowest BCUT2D eigenvalue weighted by Gasteiger charge is -2.01. The van der Waals surface area contributed by atoms with Gasteiger partial charge in [-0.2, -0.15) is 5.10 Å². The number of pyridine rings is 1. The third-order valence-electron chi connectivity index (χ3n) is 3.64. The molecule has 3 aromatic rings. The first-order valence-electron chi connectivity index (χ1n) is 7.39. The fourth-order valence-electron chi connectivity index (χ4n) is 2.55. The van der Waals surface area contributed by atoms with Crippen molar-refractivity contribution in [2.45, 2.75) is 19.8 Å². The third-order valence-corrected chi connectivity index (χ3v) is 3.64. The quantitative estimate of drug-likeness (QED) is 0.666. The Bertz CT molecular complexity index is 844. The van der Waals surface area contributed by atoms with Gasteiger partial charge in [-0.1, -0.05) is 50.3 Å². The number of hydrogen-bond acceptors (Lipinski definition) is 2. The van der Waals surface area contributed by atoms with E-state index >= 15 is 0 Å². The van der Waals surface area contributed by atoms with Gasteiger partial charge in [0.2, 0.25) is 0 Å². The zero-order valence-electron chi connectivity index (χ0n) is 12.7. The highest BCUT2D eigenvalue weighted by molar-refractivity contribution is 5.82. The molecule has 0 aliphatic heterocycles. The van der Waals surface area contributed by atoms with E-state index in [0.29, 0.717) is 11.5 Å². The number of rotatable bonds is 4. The average Bonchev–Trinajstić information content (AvgIpc) is 2.92. The molecule has 2 aromatic heterocycles. The summed E-state index contributed by atoms with van der Waals surface area (Å²) in [6.45, 7) is 4.29. The first-order chi connectivity index (χ1) is 10.7. The van der Waals surface area contributed by atoms with Crippen LogP contribution in [0.1, 0.15) is 46.9 Å². The van der Waals surface area contributed by atoms with Gasteiger partial charge in [0.15, 0.2) is 0 Å². The van der Waals surface area contributed by atoms with Crippen molar-refractivity contribution in [1.82, 2.24) is 9.61 Å². The first kappa shape index (κ1) is 14.3. The van der Waals surface area contributed by atoms with Crippen LogP contribution in [0.4, 0.5) is 0 Å². The van der Waals surface area contributed by atoms with E-state index in [1.165, 1.54) is 0 Å². The normalized spacial score (nSPS) is 11.6. The summed E-state index contributed by atoms with van der Waals surface area (Å²) < 4.78 is 1.91. The summed E-state index contributed by atoms with van der Waals surface area (Å²) in [5, 5.41) is 4.67. The van der Waals surface area contributed by atoms with Gasteiger partial charge < -0.3 is 0 Å². The van der Waals surface area contributed by atoms with Crippen molar-refractivity contribution in [2.24, 2.45) is 0 Å². The smallest absolute Gasteiger partial charge is 0.150 e. The molecule has 3 rings (SSSR count). The van der Waals surface area contributed by atoms with Crippen LogP contribution in [-0.2, 0) is 0 Å². The molecule has 110 valence electrons. The second kappa shape index (κ2) is 5.98. The molecule has 1 aromatic carbocycles. The zero-order chi connectivity index (χ0) is 15.5. The zero-order valence-corrected chi connectivity index (χ0v) is 12.7. The molecule has 3 nitrogen and oxygen atoms in total. The summed E-state index contributed by atoms with van der Waals surface area (Å²) in [6.07, 6.45) is 6.95. The minimum Gasteiger partial charge on any atom is -0.298 e. The van der Waals surface area contributed by atoms with Crippen molar-refractivity contribution in [1.29, 1.82) is 0 Å². The molecule has 0 aliphatic carbocycles. The lowest BCUT2D eigenvalue weighted by atomic mass is 10.0. The minimum atomic E-state index is 0.348. The molecule has 0 saturated heterocycles. The maximum Gasteiger partial charge on any atom is 0.150 e. The van der Waals surface area contributed by atoms with Crippen LogP contribution in [0.3, 0.4) is 0 Å². The molecule has 0 radical (unpaired) electrons. The van der Waals surface area contributed by atoms with Gasteiger partial charge in [-0.25, -0.2) is 4.52 Å². The van der Waals surface area contributed by atoms with E-state index in [0.717, 1.165) is 28.6 Å².